The van der Waals surface area contributed by atoms with Crippen molar-refractivity contribution in [3.05, 3.63) is 29.3 Å². The Morgan fingerprint density at radius 1 is 1.20 bits per heavy atom. The van der Waals surface area contributed by atoms with E-state index in [0.717, 1.165) is 22.9 Å². The summed E-state index contributed by atoms with van der Waals surface area (Å²) >= 11 is 0. The second kappa shape index (κ2) is 3.34. The maximum Gasteiger partial charge on any atom is 0.157 e. The zero-order valence-corrected chi connectivity index (χ0v) is 9.02. The number of nitrogens with two attached hydrogens (primary N) is 1. The Morgan fingerprint density at radius 2 is 1.93 bits per heavy atom. The smallest absolute Gasteiger partial charge is 0.157 e. The van der Waals surface area contributed by atoms with Gasteiger partial charge in [-0.3, -0.25) is 0 Å². The topological polar surface area (TPSA) is 69.6 Å². The van der Waals surface area contributed by atoms with Crippen LogP contribution in [0.3, 0.4) is 0 Å². The summed E-state index contributed by atoms with van der Waals surface area (Å²) in [5.41, 5.74) is 7.55. The Morgan fingerprint density at radius 3 is 2.47 bits per heavy atom. The van der Waals surface area contributed by atoms with E-state index in [1.165, 1.54) is 0 Å². The van der Waals surface area contributed by atoms with Crippen molar-refractivity contribution in [2.24, 2.45) is 0 Å². The van der Waals surface area contributed by atoms with Gasteiger partial charge < -0.3 is 5.73 Å². The van der Waals surface area contributed by atoms with Crippen molar-refractivity contribution >= 4 is 5.82 Å². The summed E-state index contributed by atoms with van der Waals surface area (Å²) < 4.78 is 1.67. The minimum Gasteiger partial charge on any atom is -0.382 e. The van der Waals surface area contributed by atoms with E-state index in [2.05, 4.69) is 15.1 Å². The molecule has 5 nitrogen and oxygen atoms in total. The zero-order chi connectivity index (χ0) is 11.0. The van der Waals surface area contributed by atoms with Gasteiger partial charge in [-0.25, -0.2) is 14.6 Å². The summed E-state index contributed by atoms with van der Waals surface area (Å²) in [6.45, 7) is 5.70. The first-order valence-corrected chi connectivity index (χ1v) is 4.70. The van der Waals surface area contributed by atoms with Crippen LogP contribution in [-0.2, 0) is 0 Å². The van der Waals surface area contributed by atoms with Gasteiger partial charge in [0.05, 0.1) is 0 Å². The SMILES string of the molecule is Cc1cc(-n2cc(C)c(N)n2)nc(C)n1. The molecule has 2 heterocycles. The lowest BCUT2D eigenvalue weighted by Gasteiger charge is -2.02. The van der Waals surface area contributed by atoms with Gasteiger partial charge in [0.1, 0.15) is 11.6 Å². The van der Waals surface area contributed by atoms with Crippen LogP contribution in [-0.4, -0.2) is 19.7 Å². The number of nitrogens with zero attached hydrogens (tertiary/aromatic N) is 4. The van der Waals surface area contributed by atoms with E-state index in [-0.39, 0.29) is 0 Å². The van der Waals surface area contributed by atoms with Gasteiger partial charge in [-0.15, -0.1) is 5.10 Å². The number of anilines is 1. The molecule has 0 fully saturated rings. The normalized spacial score (nSPS) is 10.6. The van der Waals surface area contributed by atoms with Crippen LogP contribution in [0.2, 0.25) is 0 Å². The van der Waals surface area contributed by atoms with Gasteiger partial charge in [-0.1, -0.05) is 0 Å². The molecule has 78 valence electrons. The van der Waals surface area contributed by atoms with E-state index in [1.807, 2.05) is 33.0 Å². The molecule has 2 aromatic rings. The summed E-state index contributed by atoms with van der Waals surface area (Å²) in [5.74, 6) is 2.01. The van der Waals surface area contributed by atoms with Gasteiger partial charge in [-0.2, -0.15) is 0 Å². The lowest BCUT2D eigenvalue weighted by molar-refractivity contribution is 0.825. The quantitative estimate of drug-likeness (QED) is 0.755. The fraction of sp³-hybridized carbons (Fsp3) is 0.300. The number of aromatic nitrogens is 4. The minimum atomic E-state index is 0.531. The van der Waals surface area contributed by atoms with E-state index in [9.17, 15) is 0 Å². The highest BCUT2D eigenvalue weighted by Crippen LogP contribution is 2.11. The van der Waals surface area contributed by atoms with Crippen LogP contribution in [0.1, 0.15) is 17.1 Å². The van der Waals surface area contributed by atoms with Crippen molar-refractivity contribution in [1.29, 1.82) is 0 Å². The third-order valence-corrected chi connectivity index (χ3v) is 2.12. The number of hydrogen-bond acceptors (Lipinski definition) is 4. The summed E-state index contributed by atoms with van der Waals surface area (Å²) in [6.07, 6.45) is 1.86. The molecule has 0 unspecified atom stereocenters. The molecule has 0 aliphatic carbocycles. The lowest BCUT2D eigenvalue weighted by Crippen LogP contribution is -2.02. The van der Waals surface area contributed by atoms with Crippen LogP contribution in [0, 0.1) is 20.8 Å². The molecule has 0 spiro atoms. The number of aryl methyl sites for hydroxylation is 3. The summed E-state index contributed by atoms with van der Waals surface area (Å²) in [5, 5.41) is 4.17. The van der Waals surface area contributed by atoms with Crippen LogP contribution in [0.25, 0.3) is 5.82 Å². The molecule has 0 radical (unpaired) electrons. The van der Waals surface area contributed by atoms with E-state index in [4.69, 9.17) is 5.73 Å². The Hall–Kier alpha value is -1.91. The Bertz CT molecular complexity index is 461. The number of hydrogen-bond donors (Lipinski definition) is 1. The number of rotatable bonds is 1. The van der Waals surface area contributed by atoms with E-state index >= 15 is 0 Å². The Balaban J connectivity index is 2.53. The van der Waals surface area contributed by atoms with Crippen molar-refractivity contribution in [2.45, 2.75) is 20.8 Å². The molecule has 15 heavy (non-hydrogen) atoms. The molecule has 2 rings (SSSR count). The predicted molar refractivity (Wildman–Crippen MR) is 57.8 cm³/mol. The van der Waals surface area contributed by atoms with Gasteiger partial charge in [0.25, 0.3) is 0 Å². The predicted octanol–water partition coefficient (Wildman–Crippen LogP) is 1.17. The van der Waals surface area contributed by atoms with Crippen LogP contribution in [0.4, 0.5) is 5.82 Å². The molecule has 0 saturated heterocycles. The molecule has 0 aromatic carbocycles. The third-order valence-electron chi connectivity index (χ3n) is 2.12. The summed E-state index contributed by atoms with van der Waals surface area (Å²) in [6, 6.07) is 1.87. The van der Waals surface area contributed by atoms with Crippen LogP contribution < -0.4 is 5.73 Å². The third kappa shape index (κ3) is 1.81. The van der Waals surface area contributed by atoms with E-state index in [1.54, 1.807) is 4.68 Å². The van der Waals surface area contributed by atoms with Crippen LogP contribution >= 0.6 is 0 Å². The first-order chi connectivity index (χ1) is 7.06. The average Bonchev–Trinajstić information content (AvgIpc) is 2.45. The van der Waals surface area contributed by atoms with Crippen LogP contribution in [0.5, 0.6) is 0 Å². The standard InChI is InChI=1S/C10H13N5/c1-6-5-15(14-10(6)11)9-4-7(2)12-8(3)13-9/h4-5H,1-3H3,(H2,11,14). The average molecular weight is 203 g/mol. The molecule has 2 N–H and O–H groups in total. The molecule has 5 heteroatoms. The zero-order valence-electron chi connectivity index (χ0n) is 9.02. The first kappa shape index (κ1) is 9.64. The minimum absolute atomic E-state index is 0.531. The molecule has 0 saturated carbocycles. The fourth-order valence-corrected chi connectivity index (χ4v) is 1.41. The van der Waals surface area contributed by atoms with Crippen molar-refractivity contribution in [2.75, 3.05) is 5.73 Å². The van der Waals surface area contributed by atoms with Crippen molar-refractivity contribution < 1.29 is 0 Å². The maximum atomic E-state index is 5.68. The lowest BCUT2D eigenvalue weighted by atomic mass is 10.4. The molecule has 0 aliphatic rings. The largest absolute Gasteiger partial charge is 0.382 e. The highest BCUT2D eigenvalue weighted by molar-refractivity contribution is 5.39. The molecular weight excluding hydrogens is 190 g/mol. The second-order valence-electron chi connectivity index (χ2n) is 3.56. The second-order valence-corrected chi connectivity index (χ2v) is 3.56. The Kier molecular flexibility index (Phi) is 2.15. The monoisotopic (exact) mass is 203 g/mol. The highest BCUT2D eigenvalue weighted by Gasteiger charge is 2.05. The highest BCUT2D eigenvalue weighted by atomic mass is 15.3. The van der Waals surface area contributed by atoms with Crippen molar-refractivity contribution in [3.8, 4) is 5.82 Å². The van der Waals surface area contributed by atoms with E-state index in [0.29, 0.717) is 5.82 Å². The molecule has 0 atom stereocenters. The summed E-state index contributed by atoms with van der Waals surface area (Å²) in [4.78, 5) is 8.50. The van der Waals surface area contributed by atoms with Crippen molar-refractivity contribution in [1.82, 2.24) is 19.7 Å². The first-order valence-electron chi connectivity index (χ1n) is 4.70. The molecular formula is C10H13N5. The molecule has 0 bridgehead atoms. The number of nitrogen functional groups attached to an aromatic ring is 1. The summed E-state index contributed by atoms with van der Waals surface area (Å²) in [7, 11) is 0. The molecule has 0 aliphatic heterocycles. The van der Waals surface area contributed by atoms with Gasteiger partial charge >= 0.3 is 0 Å². The van der Waals surface area contributed by atoms with Gasteiger partial charge in [0, 0.05) is 23.5 Å². The van der Waals surface area contributed by atoms with Crippen LogP contribution in [0.15, 0.2) is 12.3 Å². The van der Waals surface area contributed by atoms with Crippen molar-refractivity contribution in [3.63, 3.8) is 0 Å². The molecule has 2 aromatic heterocycles. The fourth-order valence-electron chi connectivity index (χ4n) is 1.41. The van der Waals surface area contributed by atoms with Gasteiger partial charge in [0.15, 0.2) is 5.82 Å². The van der Waals surface area contributed by atoms with Gasteiger partial charge in [0.2, 0.25) is 0 Å². The Labute approximate surface area is 88.0 Å². The molecule has 0 amide bonds. The van der Waals surface area contributed by atoms with E-state index < -0.39 is 0 Å². The van der Waals surface area contributed by atoms with Gasteiger partial charge in [-0.05, 0) is 20.8 Å². The maximum absolute atomic E-state index is 5.68.